The highest BCUT2D eigenvalue weighted by molar-refractivity contribution is 5.52. The average Bonchev–Trinajstić information content (AvgIpc) is 2.62. The summed E-state index contributed by atoms with van der Waals surface area (Å²) < 4.78 is 0. The standard InChI is InChI=1S/C15H24N2.3C2H6/c1-4-16-11-10-13(3)12-14-8-6-7-9-15(14)17-5-2;3*1-2/h5-9,13,16-17H,2,4,10-12H2,1,3H3;3*1-2H3. The molecule has 2 nitrogen and oxygen atoms in total. The maximum absolute atomic E-state index is 3.72. The summed E-state index contributed by atoms with van der Waals surface area (Å²) in [4.78, 5) is 0. The molecular weight excluding hydrogens is 280 g/mol. The summed E-state index contributed by atoms with van der Waals surface area (Å²) in [6.07, 6.45) is 4.07. The van der Waals surface area contributed by atoms with Crippen molar-refractivity contribution in [1.82, 2.24) is 5.32 Å². The molecular formula is C21H42N2. The molecule has 0 fully saturated rings. The Hall–Kier alpha value is -1.28. The van der Waals surface area contributed by atoms with Crippen LogP contribution in [-0.4, -0.2) is 13.1 Å². The topological polar surface area (TPSA) is 24.1 Å². The molecule has 1 aromatic carbocycles. The van der Waals surface area contributed by atoms with E-state index in [1.807, 2.05) is 41.5 Å². The monoisotopic (exact) mass is 322 g/mol. The van der Waals surface area contributed by atoms with E-state index >= 15 is 0 Å². The molecule has 2 heteroatoms. The van der Waals surface area contributed by atoms with Gasteiger partial charge in [-0.25, -0.2) is 0 Å². The van der Waals surface area contributed by atoms with Gasteiger partial charge in [0.05, 0.1) is 0 Å². The number of benzene rings is 1. The van der Waals surface area contributed by atoms with Gasteiger partial charge in [0.2, 0.25) is 0 Å². The van der Waals surface area contributed by atoms with Crippen molar-refractivity contribution in [2.24, 2.45) is 5.92 Å². The van der Waals surface area contributed by atoms with Crippen LogP contribution >= 0.6 is 0 Å². The predicted molar refractivity (Wildman–Crippen MR) is 110 cm³/mol. The van der Waals surface area contributed by atoms with E-state index in [2.05, 4.69) is 55.3 Å². The second kappa shape index (κ2) is 23.0. The zero-order chi connectivity index (χ0) is 18.5. The lowest BCUT2D eigenvalue weighted by molar-refractivity contribution is 0.505. The van der Waals surface area contributed by atoms with Crippen LogP contribution in [0.2, 0.25) is 0 Å². The Morgan fingerprint density at radius 3 is 2.13 bits per heavy atom. The third-order valence-corrected chi connectivity index (χ3v) is 2.91. The maximum Gasteiger partial charge on any atom is 0.0412 e. The number of nitrogens with one attached hydrogen (secondary N) is 2. The summed E-state index contributed by atoms with van der Waals surface area (Å²) in [6.45, 7) is 22.3. The van der Waals surface area contributed by atoms with Gasteiger partial charge in [0, 0.05) is 5.69 Å². The Morgan fingerprint density at radius 2 is 1.61 bits per heavy atom. The number of rotatable bonds is 8. The van der Waals surface area contributed by atoms with Crippen molar-refractivity contribution in [3.8, 4) is 0 Å². The summed E-state index contributed by atoms with van der Waals surface area (Å²) in [7, 11) is 0. The molecule has 2 N–H and O–H groups in total. The van der Waals surface area contributed by atoms with Crippen LogP contribution in [0, 0.1) is 5.92 Å². The SMILES string of the molecule is C=CNc1ccccc1CC(C)CCNCC.CC.CC.CC. The van der Waals surface area contributed by atoms with E-state index in [0.29, 0.717) is 5.92 Å². The summed E-state index contributed by atoms with van der Waals surface area (Å²) in [6, 6.07) is 8.45. The van der Waals surface area contributed by atoms with Crippen molar-refractivity contribution >= 4 is 5.69 Å². The second-order valence-electron chi connectivity index (χ2n) is 4.46. The number of anilines is 1. The summed E-state index contributed by atoms with van der Waals surface area (Å²) in [5, 5.41) is 6.57. The molecule has 0 spiro atoms. The third-order valence-electron chi connectivity index (χ3n) is 2.91. The lowest BCUT2D eigenvalue weighted by Crippen LogP contribution is -2.17. The van der Waals surface area contributed by atoms with Gasteiger partial charge < -0.3 is 10.6 Å². The van der Waals surface area contributed by atoms with E-state index in [4.69, 9.17) is 0 Å². The molecule has 1 aromatic rings. The van der Waals surface area contributed by atoms with Crippen LogP contribution < -0.4 is 10.6 Å². The zero-order valence-corrected chi connectivity index (χ0v) is 17.0. The van der Waals surface area contributed by atoms with E-state index in [1.54, 1.807) is 6.20 Å². The third kappa shape index (κ3) is 15.4. The minimum Gasteiger partial charge on any atom is -0.362 e. The Morgan fingerprint density at radius 1 is 1.04 bits per heavy atom. The summed E-state index contributed by atoms with van der Waals surface area (Å²) >= 11 is 0. The lowest BCUT2D eigenvalue weighted by Gasteiger charge is -2.14. The van der Waals surface area contributed by atoms with Gasteiger partial charge in [-0.1, -0.05) is 80.2 Å². The molecule has 0 aliphatic rings. The molecule has 0 aromatic heterocycles. The molecule has 1 unspecified atom stereocenters. The van der Waals surface area contributed by atoms with E-state index in [-0.39, 0.29) is 0 Å². The molecule has 0 bridgehead atoms. The fourth-order valence-electron chi connectivity index (χ4n) is 1.95. The average molecular weight is 323 g/mol. The van der Waals surface area contributed by atoms with Gasteiger partial charge in [-0.2, -0.15) is 0 Å². The van der Waals surface area contributed by atoms with Crippen LogP contribution in [0.1, 0.15) is 67.4 Å². The van der Waals surface area contributed by atoms with Gasteiger partial charge >= 0.3 is 0 Å². The highest BCUT2D eigenvalue weighted by atomic mass is 14.8. The van der Waals surface area contributed by atoms with Crippen LogP contribution in [0.5, 0.6) is 0 Å². The van der Waals surface area contributed by atoms with Crippen molar-refractivity contribution in [3.63, 3.8) is 0 Å². The Kier molecular flexibility index (Phi) is 26.6. The Bertz CT molecular complexity index is 334. The molecule has 0 aliphatic heterocycles. The van der Waals surface area contributed by atoms with Crippen LogP contribution in [0.25, 0.3) is 0 Å². The maximum atomic E-state index is 3.72. The van der Waals surface area contributed by atoms with Gasteiger partial charge in [-0.3, -0.25) is 0 Å². The van der Waals surface area contributed by atoms with Crippen LogP contribution in [-0.2, 0) is 6.42 Å². The molecule has 1 rings (SSSR count). The molecule has 0 saturated heterocycles. The molecule has 136 valence electrons. The smallest absolute Gasteiger partial charge is 0.0412 e. The molecule has 23 heavy (non-hydrogen) atoms. The minimum absolute atomic E-state index is 0.696. The first-order chi connectivity index (χ1) is 11.3. The predicted octanol–water partition coefficient (Wildman–Crippen LogP) is 6.50. The first-order valence-corrected chi connectivity index (χ1v) is 9.44. The van der Waals surface area contributed by atoms with Gasteiger partial charge in [0.15, 0.2) is 0 Å². The van der Waals surface area contributed by atoms with Crippen LogP contribution in [0.15, 0.2) is 37.0 Å². The fraction of sp³-hybridized carbons (Fsp3) is 0.619. The van der Waals surface area contributed by atoms with Crippen LogP contribution in [0.4, 0.5) is 5.69 Å². The van der Waals surface area contributed by atoms with Crippen molar-refractivity contribution in [2.45, 2.75) is 68.2 Å². The van der Waals surface area contributed by atoms with Gasteiger partial charge in [-0.05, 0) is 49.7 Å². The molecule has 0 aliphatic carbocycles. The Balaban J connectivity index is -0.000000595. The van der Waals surface area contributed by atoms with Crippen molar-refractivity contribution in [3.05, 3.63) is 42.6 Å². The lowest BCUT2D eigenvalue weighted by atomic mass is 9.97. The number of hydrogen-bond donors (Lipinski definition) is 2. The van der Waals surface area contributed by atoms with Crippen molar-refractivity contribution in [1.29, 1.82) is 0 Å². The normalized spacial score (nSPS) is 9.74. The first kappa shape index (κ1) is 26.6. The summed E-state index contributed by atoms with van der Waals surface area (Å²) in [5.41, 5.74) is 2.55. The van der Waals surface area contributed by atoms with Gasteiger partial charge in [0.25, 0.3) is 0 Å². The highest BCUT2D eigenvalue weighted by Crippen LogP contribution is 2.20. The number of para-hydroxylation sites is 1. The quantitative estimate of drug-likeness (QED) is 0.534. The van der Waals surface area contributed by atoms with E-state index in [1.165, 1.54) is 17.7 Å². The molecule has 0 amide bonds. The van der Waals surface area contributed by atoms with E-state index in [0.717, 1.165) is 19.5 Å². The minimum atomic E-state index is 0.696. The zero-order valence-electron chi connectivity index (χ0n) is 17.0. The number of hydrogen-bond acceptors (Lipinski definition) is 2. The largest absolute Gasteiger partial charge is 0.362 e. The second-order valence-corrected chi connectivity index (χ2v) is 4.46. The Labute approximate surface area is 146 Å². The van der Waals surface area contributed by atoms with E-state index in [9.17, 15) is 0 Å². The molecule has 0 heterocycles. The van der Waals surface area contributed by atoms with E-state index < -0.39 is 0 Å². The molecule has 0 saturated carbocycles. The summed E-state index contributed by atoms with van der Waals surface area (Å²) in [5.74, 6) is 0.696. The fourth-order valence-corrected chi connectivity index (χ4v) is 1.95. The first-order valence-electron chi connectivity index (χ1n) is 9.44. The van der Waals surface area contributed by atoms with Crippen LogP contribution in [0.3, 0.4) is 0 Å². The molecule has 1 atom stereocenters. The molecule has 0 radical (unpaired) electrons. The van der Waals surface area contributed by atoms with Crippen molar-refractivity contribution in [2.75, 3.05) is 18.4 Å². The van der Waals surface area contributed by atoms with Gasteiger partial charge in [0.1, 0.15) is 0 Å². The van der Waals surface area contributed by atoms with Crippen molar-refractivity contribution < 1.29 is 0 Å². The van der Waals surface area contributed by atoms with Gasteiger partial charge in [-0.15, -0.1) is 0 Å². The highest BCUT2D eigenvalue weighted by Gasteiger charge is 2.06.